The maximum absolute atomic E-state index is 12.6. The van der Waals surface area contributed by atoms with Crippen LogP contribution in [-0.4, -0.2) is 56.6 Å². The van der Waals surface area contributed by atoms with Crippen LogP contribution in [0.3, 0.4) is 0 Å². The molecule has 0 aromatic carbocycles. The first-order valence-corrected chi connectivity index (χ1v) is 10.0. The number of nitrogens with one attached hydrogen (secondary N) is 1. The number of amides is 1. The minimum atomic E-state index is -0.591. The molecule has 0 aliphatic heterocycles. The first-order chi connectivity index (χ1) is 12.9. The van der Waals surface area contributed by atoms with E-state index in [0.29, 0.717) is 16.6 Å². The highest BCUT2D eigenvalue weighted by Gasteiger charge is 2.27. The fourth-order valence-corrected chi connectivity index (χ4v) is 4.59. The van der Waals surface area contributed by atoms with Crippen LogP contribution in [0, 0.1) is 6.92 Å². The van der Waals surface area contributed by atoms with Crippen molar-refractivity contribution >= 4 is 34.2 Å². The lowest BCUT2D eigenvalue weighted by molar-refractivity contribution is -0.117. The number of carbonyl (C=O) groups is 3. The van der Waals surface area contributed by atoms with E-state index in [1.54, 1.807) is 6.92 Å². The van der Waals surface area contributed by atoms with Gasteiger partial charge in [0.25, 0.3) is 0 Å². The van der Waals surface area contributed by atoms with Gasteiger partial charge in [-0.15, -0.1) is 11.3 Å². The van der Waals surface area contributed by atoms with Crippen LogP contribution >= 0.6 is 11.3 Å². The van der Waals surface area contributed by atoms with Crippen LogP contribution in [0.5, 0.6) is 0 Å². The molecule has 1 heterocycles. The number of methoxy groups -OCH3 is 2. The fraction of sp³-hybridized carbons (Fsp3) is 0.632. The van der Waals surface area contributed by atoms with Gasteiger partial charge >= 0.3 is 11.9 Å². The van der Waals surface area contributed by atoms with Crippen molar-refractivity contribution in [3.05, 3.63) is 16.0 Å². The minimum Gasteiger partial charge on any atom is -0.465 e. The molecule has 0 saturated heterocycles. The average Bonchev–Trinajstić information content (AvgIpc) is 2.83. The number of hydrogen-bond acceptors (Lipinski definition) is 7. The lowest BCUT2D eigenvalue weighted by Crippen LogP contribution is -2.37. The topological polar surface area (TPSA) is 84.9 Å². The molecule has 150 valence electrons. The third kappa shape index (κ3) is 5.29. The van der Waals surface area contributed by atoms with Crippen LogP contribution < -0.4 is 5.32 Å². The molecule has 1 aromatic rings. The molecule has 0 spiro atoms. The Morgan fingerprint density at radius 2 is 1.67 bits per heavy atom. The minimum absolute atomic E-state index is 0.202. The zero-order valence-corrected chi connectivity index (χ0v) is 17.2. The van der Waals surface area contributed by atoms with Crippen LogP contribution in [0.2, 0.25) is 0 Å². The average molecular weight is 397 g/mol. The largest absolute Gasteiger partial charge is 0.465 e. The third-order valence-electron chi connectivity index (χ3n) is 5.00. The Hall–Kier alpha value is -1.93. The molecule has 0 bridgehead atoms. The summed E-state index contributed by atoms with van der Waals surface area (Å²) in [5.41, 5.74) is 0.652. The summed E-state index contributed by atoms with van der Waals surface area (Å²) >= 11 is 1.03. The Morgan fingerprint density at radius 1 is 1.07 bits per heavy atom. The standard InChI is InChI=1S/C19H28N2O5S/c1-12-15(18(23)25-3)17(27-16(12)19(24)26-4)20-14(22)11-21(2)13-9-7-5-6-8-10-13/h13H,5-11H2,1-4H3,(H,20,22). The summed E-state index contributed by atoms with van der Waals surface area (Å²) < 4.78 is 9.57. The lowest BCUT2D eigenvalue weighted by atomic mass is 10.1. The van der Waals surface area contributed by atoms with Crippen LogP contribution in [-0.2, 0) is 14.3 Å². The van der Waals surface area contributed by atoms with Crippen molar-refractivity contribution in [2.24, 2.45) is 0 Å². The van der Waals surface area contributed by atoms with Gasteiger partial charge in [0, 0.05) is 6.04 Å². The molecule has 1 aliphatic carbocycles. The Bertz CT molecular complexity index is 693. The zero-order chi connectivity index (χ0) is 20.0. The highest BCUT2D eigenvalue weighted by Crippen LogP contribution is 2.34. The van der Waals surface area contributed by atoms with E-state index in [1.165, 1.54) is 39.9 Å². The maximum atomic E-state index is 12.6. The number of anilines is 1. The third-order valence-corrected chi connectivity index (χ3v) is 6.19. The Morgan fingerprint density at radius 3 is 2.22 bits per heavy atom. The Labute approximate surface area is 164 Å². The molecule has 1 N–H and O–H groups in total. The van der Waals surface area contributed by atoms with Gasteiger partial charge in [0.2, 0.25) is 5.91 Å². The number of thiophene rings is 1. The number of esters is 2. The summed E-state index contributed by atoms with van der Waals surface area (Å²) in [5, 5.41) is 3.10. The van der Waals surface area contributed by atoms with Gasteiger partial charge in [-0.3, -0.25) is 9.69 Å². The molecule has 1 aliphatic rings. The predicted octanol–water partition coefficient (Wildman–Crippen LogP) is 3.22. The smallest absolute Gasteiger partial charge is 0.348 e. The fourth-order valence-electron chi connectivity index (χ4n) is 3.46. The first kappa shape index (κ1) is 21.4. The number of rotatable bonds is 6. The molecule has 0 unspecified atom stereocenters. The normalized spacial score (nSPS) is 15.3. The summed E-state index contributed by atoms with van der Waals surface area (Å²) in [7, 11) is 4.50. The molecule has 1 saturated carbocycles. The molecule has 1 aromatic heterocycles. The maximum Gasteiger partial charge on any atom is 0.348 e. The van der Waals surface area contributed by atoms with Crippen molar-refractivity contribution < 1.29 is 23.9 Å². The van der Waals surface area contributed by atoms with Gasteiger partial charge in [-0.2, -0.15) is 0 Å². The molecule has 0 radical (unpaired) electrons. The van der Waals surface area contributed by atoms with E-state index < -0.39 is 11.9 Å². The quantitative estimate of drug-likeness (QED) is 0.587. The molecule has 1 amide bonds. The number of carbonyl (C=O) groups excluding carboxylic acids is 3. The van der Waals surface area contributed by atoms with Crippen molar-refractivity contribution in [3.8, 4) is 0 Å². The van der Waals surface area contributed by atoms with Crippen LogP contribution in [0.1, 0.15) is 64.1 Å². The second-order valence-electron chi connectivity index (χ2n) is 6.85. The zero-order valence-electron chi connectivity index (χ0n) is 16.4. The van der Waals surface area contributed by atoms with Gasteiger partial charge in [-0.1, -0.05) is 25.7 Å². The highest BCUT2D eigenvalue weighted by molar-refractivity contribution is 7.18. The summed E-state index contributed by atoms with van der Waals surface area (Å²) in [6.07, 6.45) is 7.09. The summed E-state index contributed by atoms with van der Waals surface area (Å²) in [5.74, 6) is -1.35. The van der Waals surface area contributed by atoms with E-state index >= 15 is 0 Å². The molecular formula is C19H28N2O5S. The van der Waals surface area contributed by atoms with Crippen molar-refractivity contribution in [1.29, 1.82) is 0 Å². The predicted molar refractivity (Wildman–Crippen MR) is 104 cm³/mol. The molecule has 8 heteroatoms. The van der Waals surface area contributed by atoms with Crippen molar-refractivity contribution in [2.75, 3.05) is 33.1 Å². The van der Waals surface area contributed by atoms with E-state index in [-0.39, 0.29) is 22.9 Å². The van der Waals surface area contributed by atoms with E-state index in [0.717, 1.165) is 24.2 Å². The Balaban J connectivity index is 2.13. The molecule has 7 nitrogen and oxygen atoms in total. The van der Waals surface area contributed by atoms with Crippen molar-refractivity contribution in [3.63, 3.8) is 0 Å². The number of nitrogens with zero attached hydrogens (tertiary/aromatic N) is 1. The second-order valence-corrected chi connectivity index (χ2v) is 7.87. The van der Waals surface area contributed by atoms with Crippen LogP contribution in [0.4, 0.5) is 5.00 Å². The number of likely N-dealkylation sites (N-methyl/N-ethyl adjacent to an activating group) is 1. The van der Waals surface area contributed by atoms with Gasteiger partial charge in [0.05, 0.1) is 26.3 Å². The molecule has 0 atom stereocenters. The summed E-state index contributed by atoms with van der Waals surface area (Å²) in [6, 6.07) is 0.397. The highest BCUT2D eigenvalue weighted by atomic mass is 32.1. The van der Waals surface area contributed by atoms with Gasteiger partial charge < -0.3 is 14.8 Å². The monoisotopic (exact) mass is 396 g/mol. The SMILES string of the molecule is COC(=O)c1sc(NC(=O)CN(C)C2CCCCCC2)c(C(=O)OC)c1C. The van der Waals surface area contributed by atoms with Crippen LogP contribution in [0.15, 0.2) is 0 Å². The van der Waals surface area contributed by atoms with E-state index in [2.05, 4.69) is 10.2 Å². The van der Waals surface area contributed by atoms with E-state index in [1.807, 2.05) is 7.05 Å². The van der Waals surface area contributed by atoms with Crippen molar-refractivity contribution in [1.82, 2.24) is 4.90 Å². The molecule has 27 heavy (non-hydrogen) atoms. The number of hydrogen-bond donors (Lipinski definition) is 1. The molecular weight excluding hydrogens is 368 g/mol. The summed E-state index contributed by atoms with van der Waals surface area (Å²) in [4.78, 5) is 39.0. The van der Waals surface area contributed by atoms with Gasteiger partial charge in [0.15, 0.2) is 0 Å². The summed E-state index contributed by atoms with van der Waals surface area (Å²) in [6.45, 7) is 1.87. The Kier molecular flexibility index (Phi) is 7.79. The second kappa shape index (κ2) is 9.85. The van der Waals surface area contributed by atoms with Gasteiger partial charge in [-0.25, -0.2) is 9.59 Å². The number of ether oxygens (including phenoxy) is 2. The van der Waals surface area contributed by atoms with Crippen LogP contribution in [0.25, 0.3) is 0 Å². The van der Waals surface area contributed by atoms with E-state index in [4.69, 9.17) is 9.47 Å². The van der Waals surface area contributed by atoms with Gasteiger partial charge in [0.1, 0.15) is 9.88 Å². The first-order valence-electron chi connectivity index (χ1n) is 9.19. The molecule has 1 fully saturated rings. The van der Waals surface area contributed by atoms with Gasteiger partial charge in [-0.05, 0) is 32.4 Å². The molecule has 2 rings (SSSR count). The van der Waals surface area contributed by atoms with E-state index in [9.17, 15) is 14.4 Å². The van der Waals surface area contributed by atoms with Crippen molar-refractivity contribution in [2.45, 2.75) is 51.5 Å². The lowest BCUT2D eigenvalue weighted by Gasteiger charge is -2.26.